The first kappa shape index (κ1) is 14.2. The van der Waals surface area contributed by atoms with Gasteiger partial charge in [-0.1, -0.05) is 13.8 Å². The second-order valence-corrected chi connectivity index (χ2v) is 8.16. The van der Waals surface area contributed by atoms with Crippen molar-refractivity contribution in [2.75, 3.05) is 0 Å². The van der Waals surface area contributed by atoms with Crippen LogP contribution in [0.25, 0.3) is 0 Å². The Kier molecular flexibility index (Phi) is 3.74. The highest BCUT2D eigenvalue weighted by molar-refractivity contribution is 14.1. The van der Waals surface area contributed by atoms with Crippen LogP contribution >= 0.6 is 22.6 Å². The summed E-state index contributed by atoms with van der Waals surface area (Å²) in [5.41, 5.74) is -0.406. The molecule has 18 heavy (non-hydrogen) atoms. The van der Waals surface area contributed by atoms with Crippen molar-refractivity contribution in [3.05, 3.63) is 27.8 Å². The van der Waals surface area contributed by atoms with Gasteiger partial charge in [-0.15, -0.1) is 0 Å². The largest absolute Gasteiger partial charge is 0.392 e. The van der Waals surface area contributed by atoms with E-state index in [0.29, 0.717) is 6.42 Å². The van der Waals surface area contributed by atoms with Crippen molar-refractivity contribution in [3.8, 4) is 0 Å². The quantitative estimate of drug-likeness (QED) is 0.784. The van der Waals surface area contributed by atoms with Gasteiger partial charge < -0.3 is 5.11 Å². The minimum Gasteiger partial charge on any atom is -0.392 e. The van der Waals surface area contributed by atoms with Gasteiger partial charge in [-0.3, -0.25) is 0 Å². The van der Waals surface area contributed by atoms with E-state index in [4.69, 9.17) is 0 Å². The number of hydrogen-bond donors (Lipinski definition) is 2. The van der Waals surface area contributed by atoms with E-state index in [0.717, 1.165) is 3.57 Å². The lowest BCUT2D eigenvalue weighted by atomic mass is 9.65. The molecule has 0 radical (unpaired) electrons. The van der Waals surface area contributed by atoms with E-state index in [9.17, 15) is 13.5 Å². The number of hydrogen-bond acceptors (Lipinski definition) is 3. The first-order chi connectivity index (χ1) is 8.23. The van der Waals surface area contributed by atoms with Crippen LogP contribution in [-0.2, 0) is 10.0 Å². The van der Waals surface area contributed by atoms with Gasteiger partial charge in [-0.2, -0.15) is 0 Å². The summed E-state index contributed by atoms with van der Waals surface area (Å²) in [4.78, 5) is 0.264. The Hall–Kier alpha value is -0.180. The summed E-state index contributed by atoms with van der Waals surface area (Å²) in [7, 11) is -3.50. The van der Waals surface area contributed by atoms with Crippen molar-refractivity contribution in [2.24, 2.45) is 5.41 Å². The fourth-order valence-corrected chi connectivity index (χ4v) is 3.74. The molecule has 6 heteroatoms. The van der Waals surface area contributed by atoms with Gasteiger partial charge in [0.2, 0.25) is 10.0 Å². The molecular weight excluding hydrogens is 365 g/mol. The molecule has 1 aromatic rings. The summed E-state index contributed by atoms with van der Waals surface area (Å²) >= 11 is 2.13. The number of halogens is 1. The topological polar surface area (TPSA) is 66.4 Å². The molecule has 1 fully saturated rings. The molecule has 100 valence electrons. The number of aliphatic hydroxyl groups is 1. The summed E-state index contributed by atoms with van der Waals surface area (Å²) in [6.45, 7) is 3.73. The second kappa shape index (κ2) is 4.73. The predicted molar refractivity (Wildman–Crippen MR) is 77.7 cm³/mol. The minimum absolute atomic E-state index is 0.211. The van der Waals surface area contributed by atoms with Crippen LogP contribution in [0.2, 0.25) is 0 Å². The molecule has 0 heterocycles. The normalized spacial score (nSPS) is 26.7. The SMILES string of the molecule is CC1(C)C(O)CC1NS(=O)(=O)c1ccc(I)cc1. The monoisotopic (exact) mass is 381 g/mol. The molecule has 2 unspecified atom stereocenters. The Morgan fingerprint density at radius 2 is 1.89 bits per heavy atom. The van der Waals surface area contributed by atoms with Gasteiger partial charge in [0.05, 0.1) is 11.0 Å². The van der Waals surface area contributed by atoms with E-state index in [1.54, 1.807) is 24.3 Å². The number of benzene rings is 1. The lowest BCUT2D eigenvalue weighted by Gasteiger charge is -2.49. The summed E-state index contributed by atoms with van der Waals surface area (Å²) in [6.07, 6.45) is 0.0262. The second-order valence-electron chi connectivity index (χ2n) is 5.20. The molecule has 1 saturated carbocycles. The zero-order valence-corrected chi connectivity index (χ0v) is 13.2. The van der Waals surface area contributed by atoms with E-state index < -0.39 is 21.5 Å². The number of sulfonamides is 1. The van der Waals surface area contributed by atoms with Gasteiger partial charge >= 0.3 is 0 Å². The maximum Gasteiger partial charge on any atom is 0.240 e. The van der Waals surface area contributed by atoms with Crippen LogP contribution in [0, 0.1) is 8.99 Å². The summed E-state index contributed by atoms with van der Waals surface area (Å²) in [5, 5.41) is 9.61. The van der Waals surface area contributed by atoms with Gasteiger partial charge in [0.15, 0.2) is 0 Å². The Morgan fingerprint density at radius 1 is 1.33 bits per heavy atom. The summed E-state index contributed by atoms with van der Waals surface area (Å²) in [5.74, 6) is 0. The Labute approximate surface area is 121 Å². The van der Waals surface area contributed by atoms with Crippen LogP contribution in [0.5, 0.6) is 0 Å². The average molecular weight is 381 g/mol. The van der Waals surface area contributed by atoms with Crippen LogP contribution in [0.15, 0.2) is 29.2 Å². The van der Waals surface area contributed by atoms with Gasteiger partial charge in [-0.25, -0.2) is 13.1 Å². The maximum absolute atomic E-state index is 12.1. The van der Waals surface area contributed by atoms with Gasteiger partial charge in [-0.05, 0) is 53.3 Å². The zero-order valence-electron chi connectivity index (χ0n) is 10.2. The van der Waals surface area contributed by atoms with Crippen molar-refractivity contribution in [2.45, 2.75) is 37.3 Å². The molecule has 2 rings (SSSR count). The third-order valence-corrected chi connectivity index (χ3v) is 5.84. The van der Waals surface area contributed by atoms with Crippen LogP contribution in [0.4, 0.5) is 0 Å². The summed E-state index contributed by atoms with van der Waals surface area (Å²) < 4.78 is 27.9. The molecular formula is C12H16INO3S. The smallest absolute Gasteiger partial charge is 0.240 e. The molecule has 0 aromatic heterocycles. The lowest BCUT2D eigenvalue weighted by Crippen LogP contribution is -2.61. The van der Waals surface area contributed by atoms with Crippen LogP contribution in [-0.4, -0.2) is 25.7 Å². The van der Waals surface area contributed by atoms with Crippen LogP contribution in [0.3, 0.4) is 0 Å². The lowest BCUT2D eigenvalue weighted by molar-refractivity contribution is -0.0645. The Morgan fingerprint density at radius 3 is 2.33 bits per heavy atom. The maximum atomic E-state index is 12.1. The van der Waals surface area contributed by atoms with E-state index in [1.807, 2.05) is 13.8 Å². The minimum atomic E-state index is -3.50. The molecule has 1 aliphatic carbocycles. The van der Waals surface area contributed by atoms with Crippen molar-refractivity contribution in [1.29, 1.82) is 0 Å². The van der Waals surface area contributed by atoms with Gasteiger partial charge in [0, 0.05) is 15.0 Å². The van der Waals surface area contributed by atoms with E-state index in [-0.39, 0.29) is 10.9 Å². The molecule has 0 spiro atoms. The fraction of sp³-hybridized carbons (Fsp3) is 0.500. The first-order valence-corrected chi connectivity index (χ1v) is 8.25. The third-order valence-electron chi connectivity index (χ3n) is 3.64. The highest BCUT2D eigenvalue weighted by Gasteiger charge is 2.48. The molecule has 0 bridgehead atoms. The van der Waals surface area contributed by atoms with Crippen molar-refractivity contribution in [1.82, 2.24) is 4.72 Å². The Bertz CT molecular complexity index is 539. The van der Waals surface area contributed by atoms with E-state index in [1.165, 1.54) is 0 Å². The predicted octanol–water partition coefficient (Wildman–Crippen LogP) is 1.73. The highest BCUT2D eigenvalue weighted by Crippen LogP contribution is 2.41. The van der Waals surface area contributed by atoms with Crippen molar-refractivity contribution < 1.29 is 13.5 Å². The van der Waals surface area contributed by atoms with Gasteiger partial charge in [0.1, 0.15) is 0 Å². The standard InChI is InChI=1S/C12H16INO3S/c1-12(2)10(7-11(12)15)14-18(16,17)9-5-3-8(13)4-6-9/h3-6,10-11,14-15H,7H2,1-2H3. The molecule has 4 nitrogen and oxygen atoms in total. The van der Waals surface area contributed by atoms with Crippen molar-refractivity contribution >= 4 is 32.6 Å². The Balaban J connectivity index is 2.16. The van der Waals surface area contributed by atoms with Crippen LogP contribution in [0.1, 0.15) is 20.3 Å². The molecule has 2 N–H and O–H groups in total. The molecule has 1 aromatic carbocycles. The number of nitrogens with one attached hydrogen (secondary N) is 1. The van der Waals surface area contributed by atoms with Crippen molar-refractivity contribution in [3.63, 3.8) is 0 Å². The summed E-state index contributed by atoms with van der Waals surface area (Å²) in [6, 6.07) is 6.49. The molecule has 0 amide bonds. The molecule has 2 atom stereocenters. The van der Waals surface area contributed by atoms with E-state index >= 15 is 0 Å². The first-order valence-electron chi connectivity index (χ1n) is 5.69. The van der Waals surface area contributed by atoms with Crippen LogP contribution < -0.4 is 4.72 Å². The molecule has 0 saturated heterocycles. The zero-order chi connectivity index (χ0) is 13.6. The number of rotatable bonds is 3. The molecule has 0 aliphatic heterocycles. The highest BCUT2D eigenvalue weighted by atomic mass is 127. The number of aliphatic hydroxyl groups excluding tert-OH is 1. The van der Waals surface area contributed by atoms with E-state index in [2.05, 4.69) is 27.3 Å². The average Bonchev–Trinajstić information content (AvgIpc) is 2.29. The third kappa shape index (κ3) is 2.56. The molecule has 1 aliphatic rings. The fourth-order valence-electron chi connectivity index (χ4n) is 1.97. The van der Waals surface area contributed by atoms with Gasteiger partial charge in [0.25, 0.3) is 0 Å².